The highest BCUT2D eigenvalue weighted by Gasteiger charge is 2.20. The lowest BCUT2D eigenvalue weighted by molar-refractivity contribution is 0.119. The van der Waals surface area contributed by atoms with E-state index in [2.05, 4.69) is 29.0 Å². The lowest BCUT2D eigenvalue weighted by Crippen LogP contribution is -2.41. The van der Waals surface area contributed by atoms with E-state index in [0.717, 1.165) is 54.3 Å². The predicted octanol–water partition coefficient (Wildman–Crippen LogP) is 3.02. The minimum atomic E-state index is 0.258. The maximum atomic E-state index is 9.12. The van der Waals surface area contributed by atoms with Crippen LogP contribution in [0.3, 0.4) is 0 Å². The van der Waals surface area contributed by atoms with Gasteiger partial charge in [0.1, 0.15) is 0 Å². The van der Waals surface area contributed by atoms with Crippen LogP contribution in [0.2, 0.25) is 5.02 Å². The molecule has 1 N–H and O–H groups in total. The number of hydrogen-bond donors (Lipinski definition) is 1. The molecule has 0 saturated carbocycles. The Morgan fingerprint density at radius 3 is 3.04 bits per heavy atom. The summed E-state index contributed by atoms with van der Waals surface area (Å²) in [6, 6.07) is 10.0. The first-order valence-corrected chi connectivity index (χ1v) is 9.09. The third-order valence-corrected chi connectivity index (χ3v) is 4.97. The lowest BCUT2D eigenvalue weighted by Gasteiger charge is -2.34. The number of β-amino-alcohol motifs (C(OH)–C–C–N with tert-alkyl or cyclic N) is 1. The van der Waals surface area contributed by atoms with Crippen molar-refractivity contribution in [3.05, 3.63) is 41.0 Å². The molecule has 5 heteroatoms. The zero-order valence-corrected chi connectivity index (χ0v) is 15.0. The summed E-state index contributed by atoms with van der Waals surface area (Å²) in [6.45, 7) is 5.20. The van der Waals surface area contributed by atoms with Gasteiger partial charge in [0.05, 0.1) is 17.8 Å². The Balaban J connectivity index is 1.58. The number of hydrogen-bond acceptors (Lipinski definition) is 4. The second-order valence-electron chi connectivity index (χ2n) is 6.87. The van der Waals surface area contributed by atoms with E-state index in [4.69, 9.17) is 21.7 Å². The Morgan fingerprint density at radius 1 is 1.33 bits per heavy atom. The molecule has 1 aliphatic heterocycles. The number of benzene rings is 1. The van der Waals surface area contributed by atoms with Crippen LogP contribution in [-0.4, -0.2) is 59.7 Å². The molecule has 1 saturated heterocycles. The molecule has 3 rings (SSSR count). The maximum absolute atomic E-state index is 9.12. The summed E-state index contributed by atoms with van der Waals surface area (Å²) in [4.78, 5) is 9.48. The number of rotatable bonds is 6. The van der Waals surface area contributed by atoms with Crippen LogP contribution < -0.4 is 0 Å². The van der Waals surface area contributed by atoms with E-state index >= 15 is 0 Å². The second-order valence-corrected chi connectivity index (χ2v) is 7.31. The molecule has 0 bridgehead atoms. The van der Waals surface area contributed by atoms with Gasteiger partial charge in [0.15, 0.2) is 0 Å². The Labute approximate surface area is 149 Å². The smallest absolute Gasteiger partial charge is 0.0706 e. The highest BCUT2D eigenvalue weighted by molar-refractivity contribution is 6.31. The summed E-state index contributed by atoms with van der Waals surface area (Å²) in [5, 5.41) is 10.9. The minimum absolute atomic E-state index is 0.258. The summed E-state index contributed by atoms with van der Waals surface area (Å²) >= 11 is 6.03. The van der Waals surface area contributed by atoms with Crippen LogP contribution >= 0.6 is 11.6 Å². The van der Waals surface area contributed by atoms with Gasteiger partial charge in [0, 0.05) is 36.6 Å². The third kappa shape index (κ3) is 4.67. The molecule has 1 aromatic carbocycles. The Hall–Kier alpha value is -1.20. The molecule has 2 heterocycles. The number of pyridine rings is 1. The molecule has 1 fully saturated rings. The number of aliphatic hydroxyl groups is 1. The van der Waals surface area contributed by atoms with E-state index in [-0.39, 0.29) is 6.61 Å². The average Bonchev–Trinajstić information content (AvgIpc) is 2.55. The topological polar surface area (TPSA) is 39.6 Å². The van der Waals surface area contributed by atoms with Crippen LogP contribution in [-0.2, 0) is 6.54 Å². The summed E-state index contributed by atoms with van der Waals surface area (Å²) in [6.07, 6.45) is 2.50. The normalized spacial score (nSPS) is 19.2. The molecule has 4 nitrogen and oxygen atoms in total. The number of halogens is 1. The second kappa shape index (κ2) is 8.26. The van der Waals surface area contributed by atoms with Crippen molar-refractivity contribution < 1.29 is 5.11 Å². The molecule has 0 radical (unpaired) electrons. The van der Waals surface area contributed by atoms with Crippen molar-refractivity contribution in [3.63, 3.8) is 0 Å². The monoisotopic (exact) mass is 347 g/mol. The molecular weight excluding hydrogens is 322 g/mol. The van der Waals surface area contributed by atoms with Crippen molar-refractivity contribution in [1.29, 1.82) is 0 Å². The fraction of sp³-hybridized carbons (Fsp3) is 0.526. The van der Waals surface area contributed by atoms with E-state index in [1.54, 1.807) is 0 Å². The first-order valence-electron chi connectivity index (χ1n) is 8.71. The van der Waals surface area contributed by atoms with Gasteiger partial charge in [0.2, 0.25) is 0 Å². The molecule has 130 valence electrons. The van der Waals surface area contributed by atoms with Gasteiger partial charge in [-0.3, -0.25) is 4.98 Å². The first-order chi connectivity index (χ1) is 11.6. The van der Waals surface area contributed by atoms with Crippen molar-refractivity contribution in [2.24, 2.45) is 5.92 Å². The van der Waals surface area contributed by atoms with E-state index < -0.39 is 0 Å². The lowest BCUT2D eigenvalue weighted by atomic mass is 9.97. The Morgan fingerprint density at radius 2 is 2.21 bits per heavy atom. The quantitative estimate of drug-likeness (QED) is 0.872. The zero-order chi connectivity index (χ0) is 16.9. The molecule has 0 unspecified atom stereocenters. The molecule has 24 heavy (non-hydrogen) atoms. The maximum Gasteiger partial charge on any atom is 0.0706 e. The van der Waals surface area contributed by atoms with E-state index in [0.29, 0.717) is 5.92 Å². The van der Waals surface area contributed by atoms with Gasteiger partial charge in [-0.25, -0.2) is 0 Å². The summed E-state index contributed by atoms with van der Waals surface area (Å²) in [5.41, 5.74) is 2.09. The number of piperidine rings is 1. The van der Waals surface area contributed by atoms with Crippen LogP contribution in [0.1, 0.15) is 18.5 Å². The van der Waals surface area contributed by atoms with Gasteiger partial charge >= 0.3 is 0 Å². The van der Waals surface area contributed by atoms with Crippen molar-refractivity contribution in [2.45, 2.75) is 19.4 Å². The number of likely N-dealkylation sites (tertiary alicyclic amines) is 1. The summed E-state index contributed by atoms with van der Waals surface area (Å²) < 4.78 is 0. The average molecular weight is 348 g/mol. The number of fused-ring (bicyclic) bond motifs is 1. The zero-order valence-electron chi connectivity index (χ0n) is 14.3. The van der Waals surface area contributed by atoms with Gasteiger partial charge in [0.25, 0.3) is 0 Å². The molecule has 1 atom stereocenters. The SMILES string of the molecule is CN(Cc1ccc2cc(Cl)ccc2n1)C[C@H]1CCCN(CCO)C1. The van der Waals surface area contributed by atoms with Gasteiger partial charge in [-0.05, 0) is 56.6 Å². The van der Waals surface area contributed by atoms with E-state index in [9.17, 15) is 0 Å². The van der Waals surface area contributed by atoms with Crippen LogP contribution in [0, 0.1) is 5.92 Å². The van der Waals surface area contributed by atoms with Crippen molar-refractivity contribution in [2.75, 3.05) is 39.8 Å². The third-order valence-electron chi connectivity index (χ3n) is 4.73. The van der Waals surface area contributed by atoms with E-state index in [1.807, 2.05) is 18.2 Å². The molecule has 2 aromatic rings. The fourth-order valence-electron chi connectivity index (χ4n) is 3.65. The Kier molecular flexibility index (Phi) is 6.06. The van der Waals surface area contributed by atoms with Crippen molar-refractivity contribution in [3.8, 4) is 0 Å². The molecule has 0 amide bonds. The largest absolute Gasteiger partial charge is 0.395 e. The molecule has 1 aromatic heterocycles. The van der Waals surface area contributed by atoms with Gasteiger partial charge in [-0.2, -0.15) is 0 Å². The van der Waals surface area contributed by atoms with Crippen molar-refractivity contribution >= 4 is 22.5 Å². The number of nitrogens with zero attached hydrogens (tertiary/aromatic N) is 3. The van der Waals surface area contributed by atoms with Gasteiger partial charge in [-0.1, -0.05) is 17.7 Å². The first kappa shape index (κ1) is 17.6. The standard InChI is InChI=1S/C19H26ClN3O/c1-22(12-15-3-2-8-23(13-15)9-10-24)14-18-6-4-16-11-17(20)5-7-19(16)21-18/h4-7,11,15,24H,2-3,8-10,12-14H2,1H3/t15-/m1/s1. The summed E-state index contributed by atoms with van der Waals surface area (Å²) in [7, 11) is 2.17. The van der Waals surface area contributed by atoms with Gasteiger partial charge in [-0.15, -0.1) is 0 Å². The van der Waals surface area contributed by atoms with E-state index in [1.165, 1.54) is 12.8 Å². The van der Waals surface area contributed by atoms with Crippen LogP contribution in [0.15, 0.2) is 30.3 Å². The molecular formula is C19H26ClN3O. The number of aromatic nitrogens is 1. The molecule has 0 aliphatic carbocycles. The highest BCUT2D eigenvalue weighted by Crippen LogP contribution is 2.20. The summed E-state index contributed by atoms with van der Waals surface area (Å²) in [5.74, 6) is 0.676. The van der Waals surface area contributed by atoms with Crippen LogP contribution in [0.4, 0.5) is 0 Å². The van der Waals surface area contributed by atoms with Gasteiger partial charge < -0.3 is 14.9 Å². The fourth-order valence-corrected chi connectivity index (χ4v) is 3.83. The van der Waals surface area contributed by atoms with Crippen LogP contribution in [0.25, 0.3) is 10.9 Å². The predicted molar refractivity (Wildman–Crippen MR) is 99.3 cm³/mol. The Bertz CT molecular complexity index is 677. The minimum Gasteiger partial charge on any atom is -0.395 e. The highest BCUT2D eigenvalue weighted by atomic mass is 35.5. The van der Waals surface area contributed by atoms with Crippen molar-refractivity contribution in [1.82, 2.24) is 14.8 Å². The molecule has 0 spiro atoms. The molecule has 1 aliphatic rings. The number of aliphatic hydroxyl groups excluding tert-OH is 1. The van der Waals surface area contributed by atoms with Crippen LogP contribution in [0.5, 0.6) is 0 Å².